The molecule has 4 N–H and O–H groups in total. The third-order valence-corrected chi connectivity index (χ3v) is 3.93. The number of amides is 1. The molecule has 2 aromatic rings. The van der Waals surface area contributed by atoms with Gasteiger partial charge in [-0.05, 0) is 24.6 Å². The van der Waals surface area contributed by atoms with E-state index in [1.807, 2.05) is 12.1 Å². The Hall–Kier alpha value is -2.02. The van der Waals surface area contributed by atoms with Crippen LogP contribution < -0.4 is 15.8 Å². The molecule has 0 fully saturated rings. The topological polar surface area (TPSA) is 93.0 Å². The summed E-state index contributed by atoms with van der Waals surface area (Å²) in [7, 11) is 0. The fourth-order valence-corrected chi connectivity index (χ4v) is 2.90. The van der Waals surface area contributed by atoms with Gasteiger partial charge in [0, 0.05) is 23.0 Å². The van der Waals surface area contributed by atoms with Crippen molar-refractivity contribution in [3.8, 4) is 5.75 Å². The van der Waals surface area contributed by atoms with Gasteiger partial charge in [-0.1, -0.05) is 15.9 Å². The molecule has 1 aliphatic heterocycles. The first-order valence-corrected chi connectivity index (χ1v) is 7.38. The van der Waals surface area contributed by atoms with Crippen LogP contribution >= 0.6 is 15.9 Å². The van der Waals surface area contributed by atoms with E-state index in [2.05, 4.69) is 31.4 Å². The third-order valence-electron chi connectivity index (χ3n) is 3.47. The maximum atomic E-state index is 12.1. The molecule has 1 aromatic heterocycles. The Morgan fingerprint density at radius 2 is 2.38 bits per heavy atom. The highest BCUT2D eigenvalue weighted by Crippen LogP contribution is 2.32. The first-order chi connectivity index (χ1) is 10.1. The van der Waals surface area contributed by atoms with Gasteiger partial charge in [0.1, 0.15) is 5.75 Å². The number of nitrogens with one attached hydrogen (secondary N) is 2. The molecule has 1 aliphatic rings. The maximum Gasteiger partial charge on any atom is 0.274 e. The van der Waals surface area contributed by atoms with Crippen molar-refractivity contribution in [3.63, 3.8) is 0 Å². The molecule has 0 spiro atoms. The molecular weight excluding hydrogens is 336 g/mol. The molecule has 0 saturated carbocycles. The van der Waals surface area contributed by atoms with E-state index in [0.29, 0.717) is 24.5 Å². The van der Waals surface area contributed by atoms with Crippen LogP contribution in [0, 0.1) is 6.92 Å². The predicted octanol–water partition coefficient (Wildman–Crippen LogP) is 1.93. The van der Waals surface area contributed by atoms with Gasteiger partial charge in [-0.2, -0.15) is 5.10 Å². The van der Waals surface area contributed by atoms with Gasteiger partial charge in [0.05, 0.1) is 18.0 Å². The van der Waals surface area contributed by atoms with E-state index in [-0.39, 0.29) is 11.6 Å². The molecule has 0 bridgehead atoms. The summed E-state index contributed by atoms with van der Waals surface area (Å²) in [4.78, 5) is 12.1. The second kappa shape index (κ2) is 5.40. The smallest absolute Gasteiger partial charge is 0.274 e. The lowest BCUT2D eigenvalue weighted by molar-refractivity contribution is 0.0946. The van der Waals surface area contributed by atoms with Crippen LogP contribution in [0.1, 0.15) is 27.3 Å². The molecule has 6 nitrogen and oxygen atoms in total. The van der Waals surface area contributed by atoms with Crippen LogP contribution in [0.4, 0.5) is 5.69 Å². The van der Waals surface area contributed by atoms with E-state index < -0.39 is 0 Å². The molecule has 0 radical (unpaired) electrons. The Labute approximate surface area is 130 Å². The molecular formula is C14H15BrN4O2. The highest BCUT2D eigenvalue weighted by molar-refractivity contribution is 9.10. The minimum absolute atomic E-state index is 0.222. The average molecular weight is 351 g/mol. The number of carbonyl (C=O) groups is 1. The van der Waals surface area contributed by atoms with E-state index in [1.165, 1.54) is 0 Å². The minimum Gasteiger partial charge on any atom is -0.493 e. The highest BCUT2D eigenvalue weighted by Gasteiger charge is 2.19. The first kappa shape index (κ1) is 13.9. The second-order valence-corrected chi connectivity index (χ2v) is 5.86. The summed E-state index contributed by atoms with van der Waals surface area (Å²) < 4.78 is 6.61. The molecule has 0 atom stereocenters. The largest absolute Gasteiger partial charge is 0.493 e. The van der Waals surface area contributed by atoms with Crippen LogP contribution in [-0.2, 0) is 13.0 Å². The molecule has 1 amide bonds. The fraction of sp³-hybridized carbons (Fsp3) is 0.286. The number of fused-ring (bicyclic) bond motifs is 1. The normalized spacial score (nSPS) is 12.9. The summed E-state index contributed by atoms with van der Waals surface area (Å²) in [6.07, 6.45) is 0.890. The van der Waals surface area contributed by atoms with Gasteiger partial charge in [0.25, 0.3) is 5.91 Å². The lowest BCUT2D eigenvalue weighted by Gasteiger charge is -2.10. The molecule has 0 unspecified atom stereocenters. The summed E-state index contributed by atoms with van der Waals surface area (Å²) in [5, 5.41) is 9.44. The Balaban J connectivity index is 1.77. The zero-order chi connectivity index (χ0) is 15.0. The van der Waals surface area contributed by atoms with Crippen LogP contribution in [-0.4, -0.2) is 22.7 Å². The Bertz CT molecular complexity index is 711. The predicted molar refractivity (Wildman–Crippen MR) is 82.2 cm³/mol. The van der Waals surface area contributed by atoms with Crippen molar-refractivity contribution in [2.75, 3.05) is 12.3 Å². The number of hydrogen-bond acceptors (Lipinski definition) is 4. The summed E-state index contributed by atoms with van der Waals surface area (Å²) >= 11 is 3.48. The summed E-state index contributed by atoms with van der Waals surface area (Å²) in [5.74, 6) is 0.563. The maximum absolute atomic E-state index is 12.1. The Morgan fingerprint density at radius 1 is 1.57 bits per heavy atom. The number of nitrogen functional groups attached to an aromatic ring is 1. The van der Waals surface area contributed by atoms with Crippen LogP contribution in [0.25, 0.3) is 0 Å². The number of aromatic amines is 1. The number of halogens is 1. The number of aromatic nitrogens is 2. The standard InChI is InChI=1S/C14H15BrN4O2/c1-7-11(16)12(19-18-7)14(20)17-6-9-5-10(15)4-8-2-3-21-13(8)9/h4-5H,2-3,6,16H2,1H3,(H,17,20)(H,18,19). The molecule has 2 heterocycles. The molecule has 110 valence electrons. The van der Waals surface area contributed by atoms with Gasteiger partial charge in [-0.15, -0.1) is 0 Å². The second-order valence-electron chi connectivity index (χ2n) is 4.95. The van der Waals surface area contributed by atoms with Gasteiger partial charge in [-0.3, -0.25) is 9.89 Å². The van der Waals surface area contributed by atoms with Crippen molar-refractivity contribution in [1.82, 2.24) is 15.5 Å². The lowest BCUT2D eigenvalue weighted by atomic mass is 10.1. The number of nitrogens with zero attached hydrogens (tertiary/aromatic N) is 1. The van der Waals surface area contributed by atoms with Gasteiger partial charge >= 0.3 is 0 Å². The number of carbonyl (C=O) groups excluding carboxylic acids is 1. The Morgan fingerprint density at radius 3 is 3.10 bits per heavy atom. The molecule has 0 aliphatic carbocycles. The summed E-state index contributed by atoms with van der Waals surface area (Å²) in [5.41, 5.74) is 9.18. The number of aryl methyl sites for hydroxylation is 1. The van der Waals surface area contributed by atoms with E-state index >= 15 is 0 Å². The van der Waals surface area contributed by atoms with Gasteiger partial charge in [-0.25, -0.2) is 0 Å². The number of anilines is 1. The average Bonchev–Trinajstić information content (AvgIpc) is 3.04. The SMILES string of the molecule is Cc1[nH]nc(C(=O)NCc2cc(Br)cc3c2OCC3)c1N. The van der Waals surface area contributed by atoms with E-state index in [4.69, 9.17) is 10.5 Å². The van der Waals surface area contributed by atoms with Crippen molar-refractivity contribution in [2.24, 2.45) is 0 Å². The monoisotopic (exact) mass is 350 g/mol. The zero-order valence-corrected chi connectivity index (χ0v) is 13.1. The number of nitrogens with two attached hydrogens (primary N) is 1. The van der Waals surface area contributed by atoms with Crippen molar-refractivity contribution >= 4 is 27.5 Å². The van der Waals surface area contributed by atoms with E-state index in [9.17, 15) is 4.79 Å². The minimum atomic E-state index is -0.302. The molecule has 1 aromatic carbocycles. The first-order valence-electron chi connectivity index (χ1n) is 6.59. The number of H-pyrrole nitrogens is 1. The van der Waals surface area contributed by atoms with Crippen LogP contribution in [0.15, 0.2) is 16.6 Å². The quantitative estimate of drug-likeness (QED) is 0.788. The van der Waals surface area contributed by atoms with Crippen molar-refractivity contribution < 1.29 is 9.53 Å². The van der Waals surface area contributed by atoms with Crippen LogP contribution in [0.2, 0.25) is 0 Å². The zero-order valence-electron chi connectivity index (χ0n) is 11.5. The van der Waals surface area contributed by atoms with Crippen molar-refractivity contribution in [2.45, 2.75) is 19.9 Å². The molecule has 21 heavy (non-hydrogen) atoms. The van der Waals surface area contributed by atoms with Crippen molar-refractivity contribution in [1.29, 1.82) is 0 Å². The highest BCUT2D eigenvalue weighted by atomic mass is 79.9. The van der Waals surface area contributed by atoms with E-state index in [0.717, 1.165) is 27.8 Å². The number of rotatable bonds is 3. The fourth-order valence-electron chi connectivity index (χ4n) is 2.35. The molecule has 3 rings (SSSR count). The third kappa shape index (κ3) is 2.61. The Kier molecular flexibility index (Phi) is 3.59. The van der Waals surface area contributed by atoms with Gasteiger partial charge < -0.3 is 15.8 Å². The number of ether oxygens (including phenoxy) is 1. The van der Waals surface area contributed by atoms with Gasteiger partial charge in [0.2, 0.25) is 0 Å². The van der Waals surface area contributed by atoms with E-state index in [1.54, 1.807) is 6.92 Å². The molecule has 7 heteroatoms. The lowest BCUT2D eigenvalue weighted by Crippen LogP contribution is -2.24. The summed E-state index contributed by atoms with van der Waals surface area (Å²) in [6, 6.07) is 3.99. The number of hydrogen-bond donors (Lipinski definition) is 3. The number of benzene rings is 1. The summed E-state index contributed by atoms with van der Waals surface area (Å²) in [6.45, 7) is 2.82. The van der Waals surface area contributed by atoms with Crippen LogP contribution in [0.5, 0.6) is 5.75 Å². The molecule has 0 saturated heterocycles. The van der Waals surface area contributed by atoms with Crippen molar-refractivity contribution in [3.05, 3.63) is 39.1 Å². The van der Waals surface area contributed by atoms with Gasteiger partial charge in [0.15, 0.2) is 5.69 Å². The van der Waals surface area contributed by atoms with Crippen LogP contribution in [0.3, 0.4) is 0 Å².